The summed E-state index contributed by atoms with van der Waals surface area (Å²) in [5.41, 5.74) is 5.39. The molecule has 6 heteroatoms. The third-order valence-electron chi connectivity index (χ3n) is 5.44. The van der Waals surface area contributed by atoms with E-state index in [1.54, 1.807) is 14.2 Å². The summed E-state index contributed by atoms with van der Waals surface area (Å²) in [6.07, 6.45) is 3.86. The van der Waals surface area contributed by atoms with Crippen LogP contribution in [0.1, 0.15) is 25.0 Å². The van der Waals surface area contributed by atoms with Crippen LogP contribution < -0.4 is 9.47 Å². The lowest BCUT2D eigenvalue weighted by molar-refractivity contribution is 0.414. The fraction of sp³-hybridized carbons (Fsp3) is 0.227. The number of benzene rings is 2. The molecule has 0 radical (unpaired) electrons. The Kier molecular flexibility index (Phi) is 3.46. The maximum absolute atomic E-state index is 5.49. The number of nitrogens with zero attached hydrogens (tertiary/aromatic N) is 4. The predicted octanol–water partition coefficient (Wildman–Crippen LogP) is 4.31. The second-order valence-corrected chi connectivity index (χ2v) is 7.43. The first-order valence-corrected chi connectivity index (χ1v) is 9.12. The maximum atomic E-state index is 5.49. The summed E-state index contributed by atoms with van der Waals surface area (Å²) in [6.45, 7) is 4.34. The number of fused-ring (bicyclic) bond motifs is 4. The third kappa shape index (κ3) is 2.24. The SMILES string of the molecule is COc1ccc2c(c1)C(C)(C)C(c1cnc3c4c(OC)cccc4nn3c1)=N2. The second kappa shape index (κ2) is 5.79. The average molecular weight is 372 g/mol. The highest BCUT2D eigenvalue weighted by Crippen LogP contribution is 2.43. The molecule has 0 atom stereocenters. The molecule has 2 aromatic heterocycles. The molecule has 0 N–H and O–H groups in total. The van der Waals surface area contributed by atoms with Gasteiger partial charge in [-0.05, 0) is 35.9 Å². The fourth-order valence-corrected chi connectivity index (χ4v) is 3.96. The molecule has 0 saturated heterocycles. The van der Waals surface area contributed by atoms with Crippen molar-refractivity contribution in [1.82, 2.24) is 14.6 Å². The molecule has 4 aromatic rings. The van der Waals surface area contributed by atoms with E-state index in [1.807, 2.05) is 47.2 Å². The van der Waals surface area contributed by atoms with Gasteiger partial charge in [-0.1, -0.05) is 19.9 Å². The van der Waals surface area contributed by atoms with Gasteiger partial charge in [-0.15, -0.1) is 0 Å². The lowest BCUT2D eigenvalue weighted by Crippen LogP contribution is -2.26. The monoisotopic (exact) mass is 372 g/mol. The summed E-state index contributed by atoms with van der Waals surface area (Å²) in [6, 6.07) is 11.8. The molecule has 2 aromatic carbocycles. The summed E-state index contributed by atoms with van der Waals surface area (Å²) < 4.78 is 12.7. The van der Waals surface area contributed by atoms with Gasteiger partial charge < -0.3 is 9.47 Å². The molecule has 3 heterocycles. The van der Waals surface area contributed by atoms with Gasteiger partial charge in [0.1, 0.15) is 11.5 Å². The number of methoxy groups -OCH3 is 2. The topological polar surface area (TPSA) is 61.0 Å². The van der Waals surface area contributed by atoms with Gasteiger partial charge in [-0.2, -0.15) is 5.10 Å². The van der Waals surface area contributed by atoms with Gasteiger partial charge in [0.05, 0.1) is 36.5 Å². The Morgan fingerprint density at radius 2 is 1.89 bits per heavy atom. The molecule has 0 bridgehead atoms. The van der Waals surface area contributed by atoms with Crippen molar-refractivity contribution in [2.24, 2.45) is 4.99 Å². The van der Waals surface area contributed by atoms with Crippen LogP contribution in [0.15, 0.2) is 53.8 Å². The summed E-state index contributed by atoms with van der Waals surface area (Å²) in [5.74, 6) is 1.60. The number of hydrogen-bond acceptors (Lipinski definition) is 5. The van der Waals surface area contributed by atoms with Crippen LogP contribution in [-0.4, -0.2) is 34.5 Å². The van der Waals surface area contributed by atoms with Gasteiger partial charge in [-0.3, -0.25) is 4.99 Å². The molecule has 140 valence electrons. The molecule has 0 amide bonds. The number of ether oxygens (including phenoxy) is 2. The van der Waals surface area contributed by atoms with Crippen LogP contribution >= 0.6 is 0 Å². The van der Waals surface area contributed by atoms with Gasteiger partial charge in [0, 0.05) is 23.4 Å². The second-order valence-electron chi connectivity index (χ2n) is 7.43. The molecular formula is C22H20N4O2. The number of aliphatic imine (C=N–C) groups is 1. The lowest BCUT2D eigenvalue weighted by atomic mass is 9.79. The molecule has 28 heavy (non-hydrogen) atoms. The summed E-state index contributed by atoms with van der Waals surface area (Å²) in [4.78, 5) is 9.60. The molecule has 5 rings (SSSR count). The van der Waals surface area contributed by atoms with E-state index in [2.05, 4.69) is 25.0 Å². The molecule has 0 fully saturated rings. The Bertz CT molecular complexity index is 1270. The molecular weight excluding hydrogens is 352 g/mol. The third-order valence-corrected chi connectivity index (χ3v) is 5.44. The van der Waals surface area contributed by atoms with Crippen LogP contribution in [0.25, 0.3) is 16.6 Å². The van der Waals surface area contributed by atoms with Crippen molar-refractivity contribution in [3.8, 4) is 11.5 Å². The summed E-state index contributed by atoms with van der Waals surface area (Å²) >= 11 is 0. The van der Waals surface area contributed by atoms with Crippen molar-refractivity contribution in [3.05, 3.63) is 59.9 Å². The van der Waals surface area contributed by atoms with Gasteiger partial charge in [0.15, 0.2) is 5.65 Å². The van der Waals surface area contributed by atoms with Gasteiger partial charge in [0.25, 0.3) is 0 Å². The smallest absolute Gasteiger partial charge is 0.166 e. The molecule has 0 unspecified atom stereocenters. The van der Waals surface area contributed by atoms with Crippen LogP contribution in [0, 0.1) is 0 Å². The van der Waals surface area contributed by atoms with E-state index in [1.165, 1.54) is 0 Å². The largest absolute Gasteiger partial charge is 0.497 e. The van der Waals surface area contributed by atoms with Crippen molar-refractivity contribution in [2.45, 2.75) is 19.3 Å². The average Bonchev–Trinajstić information content (AvgIpc) is 3.21. The zero-order chi connectivity index (χ0) is 19.5. The van der Waals surface area contributed by atoms with E-state index in [9.17, 15) is 0 Å². The van der Waals surface area contributed by atoms with E-state index in [-0.39, 0.29) is 5.41 Å². The normalized spacial score (nSPS) is 14.9. The van der Waals surface area contributed by atoms with Crippen molar-refractivity contribution >= 4 is 27.9 Å². The molecule has 0 spiro atoms. The zero-order valence-electron chi connectivity index (χ0n) is 16.2. The zero-order valence-corrected chi connectivity index (χ0v) is 16.2. The van der Waals surface area contributed by atoms with Crippen LogP contribution in [0.4, 0.5) is 5.69 Å². The molecule has 0 saturated carbocycles. The van der Waals surface area contributed by atoms with Crippen LogP contribution in [0.2, 0.25) is 0 Å². The first kappa shape index (κ1) is 16.7. The van der Waals surface area contributed by atoms with Crippen LogP contribution in [0.5, 0.6) is 11.5 Å². The van der Waals surface area contributed by atoms with E-state index >= 15 is 0 Å². The lowest BCUT2D eigenvalue weighted by Gasteiger charge is -2.22. The summed E-state index contributed by atoms with van der Waals surface area (Å²) in [5, 5.41) is 5.59. The Morgan fingerprint density at radius 1 is 1.04 bits per heavy atom. The first-order chi connectivity index (χ1) is 13.5. The minimum absolute atomic E-state index is 0.260. The highest BCUT2D eigenvalue weighted by Gasteiger charge is 2.36. The quantitative estimate of drug-likeness (QED) is 0.538. The number of hydrogen-bond donors (Lipinski definition) is 0. The standard InChI is InChI=1S/C22H20N4O2/c1-22(2)15-10-14(27-3)8-9-16(15)24-20(22)13-11-23-21-19-17(25-26(21)12-13)6-5-7-18(19)28-4/h5-12H,1-4H3. The van der Waals surface area contributed by atoms with Gasteiger partial charge in [-0.25, -0.2) is 9.50 Å². The van der Waals surface area contributed by atoms with Gasteiger partial charge in [0.2, 0.25) is 0 Å². The van der Waals surface area contributed by atoms with Crippen molar-refractivity contribution < 1.29 is 9.47 Å². The molecule has 6 nitrogen and oxygen atoms in total. The minimum Gasteiger partial charge on any atom is -0.497 e. The Balaban J connectivity index is 1.67. The fourth-order valence-electron chi connectivity index (χ4n) is 3.96. The van der Waals surface area contributed by atoms with E-state index in [0.717, 1.165) is 50.6 Å². The van der Waals surface area contributed by atoms with Crippen molar-refractivity contribution in [1.29, 1.82) is 0 Å². The van der Waals surface area contributed by atoms with Crippen LogP contribution in [0.3, 0.4) is 0 Å². The Hall–Kier alpha value is -3.41. The molecule has 0 aliphatic carbocycles. The molecule has 1 aliphatic heterocycles. The van der Waals surface area contributed by atoms with Crippen molar-refractivity contribution in [3.63, 3.8) is 0 Å². The van der Waals surface area contributed by atoms with E-state index < -0.39 is 0 Å². The van der Waals surface area contributed by atoms with Crippen LogP contribution in [-0.2, 0) is 5.41 Å². The van der Waals surface area contributed by atoms with Gasteiger partial charge >= 0.3 is 0 Å². The first-order valence-electron chi connectivity index (χ1n) is 9.12. The highest BCUT2D eigenvalue weighted by molar-refractivity contribution is 6.12. The minimum atomic E-state index is -0.260. The van der Waals surface area contributed by atoms with E-state index in [4.69, 9.17) is 19.5 Å². The molecule has 1 aliphatic rings. The predicted molar refractivity (Wildman–Crippen MR) is 109 cm³/mol. The Morgan fingerprint density at radius 3 is 2.68 bits per heavy atom. The highest BCUT2D eigenvalue weighted by atomic mass is 16.5. The number of aromatic nitrogens is 3. The summed E-state index contributed by atoms with van der Waals surface area (Å²) in [7, 11) is 3.34. The maximum Gasteiger partial charge on any atom is 0.166 e. The Labute approximate surface area is 162 Å². The van der Waals surface area contributed by atoms with Crippen molar-refractivity contribution in [2.75, 3.05) is 14.2 Å². The number of rotatable bonds is 3. The van der Waals surface area contributed by atoms with E-state index in [0.29, 0.717) is 0 Å².